The number of nitrogens with zero attached hydrogens (tertiary/aromatic N) is 1. The van der Waals surface area contributed by atoms with E-state index in [0.717, 1.165) is 30.5 Å². The van der Waals surface area contributed by atoms with Gasteiger partial charge in [-0.25, -0.2) is 0 Å². The maximum absolute atomic E-state index is 11.8. The zero-order valence-corrected chi connectivity index (χ0v) is 27.1. The molecule has 0 unspecified atom stereocenters. The molecule has 234 valence electrons. The van der Waals surface area contributed by atoms with Gasteiger partial charge in [-0.1, -0.05) is 129 Å². The summed E-state index contributed by atoms with van der Waals surface area (Å²) in [5.74, 6) is -0.0917. The lowest BCUT2D eigenvalue weighted by molar-refractivity contribution is -0.891. The van der Waals surface area contributed by atoms with Crippen molar-refractivity contribution in [2.75, 3.05) is 60.2 Å². The Bertz CT molecular complexity index is 498. The van der Waals surface area contributed by atoms with Gasteiger partial charge in [0.1, 0.15) is 13.2 Å². The molecule has 0 aliphatic carbocycles. The molecule has 0 saturated heterocycles. The van der Waals surface area contributed by atoms with Gasteiger partial charge in [-0.05, 0) is 19.3 Å². The zero-order chi connectivity index (χ0) is 28.7. The van der Waals surface area contributed by atoms with Crippen molar-refractivity contribution in [1.29, 1.82) is 0 Å². The van der Waals surface area contributed by atoms with E-state index in [4.69, 9.17) is 14.2 Å². The van der Waals surface area contributed by atoms with Crippen LogP contribution in [0.3, 0.4) is 0 Å². The average Bonchev–Trinajstić information content (AvgIpc) is 2.91. The quantitative estimate of drug-likeness (QED) is 0.0470. The van der Waals surface area contributed by atoms with E-state index < -0.39 is 0 Å². The van der Waals surface area contributed by atoms with Crippen molar-refractivity contribution in [3.63, 3.8) is 0 Å². The largest absolute Gasteiger partial charge is 0.463 e. The van der Waals surface area contributed by atoms with Crippen molar-refractivity contribution in [2.45, 2.75) is 155 Å². The Morgan fingerprint density at radius 3 is 1.33 bits per heavy atom. The molecule has 0 spiro atoms. The minimum absolute atomic E-state index is 0.0917. The van der Waals surface area contributed by atoms with Crippen LogP contribution in [0.15, 0.2) is 0 Å². The molecule has 0 N–H and O–H groups in total. The topological polar surface area (TPSA) is 44.8 Å². The van der Waals surface area contributed by atoms with Gasteiger partial charge >= 0.3 is 5.97 Å². The smallest absolute Gasteiger partial charge is 0.305 e. The first-order valence-electron chi connectivity index (χ1n) is 17.1. The molecule has 0 fully saturated rings. The molecular formula is C34H70NO4+. The fourth-order valence-corrected chi connectivity index (χ4v) is 4.99. The number of unbranched alkanes of at least 4 members (excludes halogenated alkanes) is 19. The van der Waals surface area contributed by atoms with Gasteiger partial charge in [0.2, 0.25) is 0 Å². The van der Waals surface area contributed by atoms with Gasteiger partial charge in [-0.2, -0.15) is 0 Å². The number of rotatable bonds is 32. The molecule has 0 atom stereocenters. The molecule has 5 nitrogen and oxygen atoms in total. The van der Waals surface area contributed by atoms with E-state index in [1.165, 1.54) is 129 Å². The molecule has 0 bridgehead atoms. The first-order valence-corrected chi connectivity index (χ1v) is 17.1. The average molecular weight is 557 g/mol. The highest BCUT2D eigenvalue weighted by Gasteiger charge is 2.14. The monoisotopic (exact) mass is 557 g/mol. The van der Waals surface area contributed by atoms with Crippen molar-refractivity contribution < 1.29 is 23.5 Å². The van der Waals surface area contributed by atoms with Crippen LogP contribution in [-0.4, -0.2) is 70.7 Å². The molecule has 0 heterocycles. The summed E-state index contributed by atoms with van der Waals surface area (Å²) in [4.78, 5) is 11.8. The molecule has 0 aromatic heterocycles. The minimum Gasteiger partial charge on any atom is -0.463 e. The zero-order valence-electron chi connectivity index (χ0n) is 27.1. The van der Waals surface area contributed by atoms with E-state index in [-0.39, 0.29) is 5.97 Å². The molecule has 0 amide bonds. The van der Waals surface area contributed by atoms with Crippen molar-refractivity contribution in [3.8, 4) is 0 Å². The van der Waals surface area contributed by atoms with Crippen LogP contribution in [0.2, 0.25) is 0 Å². The Balaban J connectivity index is 3.36. The number of ether oxygens (including phenoxy) is 3. The highest BCUT2D eigenvalue weighted by Crippen LogP contribution is 2.13. The summed E-state index contributed by atoms with van der Waals surface area (Å²) in [5, 5.41) is 0. The summed E-state index contributed by atoms with van der Waals surface area (Å²) in [5.41, 5.74) is 0. The van der Waals surface area contributed by atoms with Crippen molar-refractivity contribution in [3.05, 3.63) is 0 Å². The third-order valence-corrected chi connectivity index (χ3v) is 7.81. The van der Waals surface area contributed by atoms with Crippen LogP contribution >= 0.6 is 0 Å². The highest BCUT2D eigenvalue weighted by molar-refractivity contribution is 5.69. The van der Waals surface area contributed by atoms with Gasteiger partial charge < -0.3 is 18.7 Å². The molecule has 0 rings (SSSR count). The number of esters is 1. The summed E-state index contributed by atoms with van der Waals surface area (Å²) < 4.78 is 17.6. The lowest BCUT2D eigenvalue weighted by Crippen LogP contribution is -2.43. The fraction of sp³-hybridized carbons (Fsp3) is 0.971. The summed E-state index contributed by atoms with van der Waals surface area (Å²) >= 11 is 0. The summed E-state index contributed by atoms with van der Waals surface area (Å²) in [7, 11) is 4.61. The van der Waals surface area contributed by atoms with Crippen LogP contribution in [0.4, 0.5) is 0 Å². The molecule has 0 aromatic rings. The van der Waals surface area contributed by atoms with Crippen LogP contribution in [0, 0.1) is 0 Å². The lowest BCUT2D eigenvalue weighted by atomic mass is 10.1. The van der Waals surface area contributed by atoms with Crippen LogP contribution in [0.1, 0.15) is 155 Å². The third kappa shape index (κ3) is 31.7. The second-order valence-corrected chi connectivity index (χ2v) is 12.3. The molecule has 0 saturated carbocycles. The Morgan fingerprint density at radius 2 is 0.846 bits per heavy atom. The number of hydrogen-bond donors (Lipinski definition) is 0. The Hall–Kier alpha value is -0.650. The normalized spacial score (nSPS) is 11.8. The molecule has 0 aliphatic heterocycles. The predicted molar refractivity (Wildman–Crippen MR) is 167 cm³/mol. The van der Waals surface area contributed by atoms with E-state index in [1.54, 1.807) is 0 Å². The van der Waals surface area contributed by atoms with Gasteiger partial charge in [0.25, 0.3) is 0 Å². The number of likely N-dealkylation sites (N-methyl/N-ethyl adjacent to an activating group) is 1. The Labute approximate surface area is 244 Å². The maximum atomic E-state index is 11.8. The Morgan fingerprint density at radius 1 is 0.462 bits per heavy atom. The second kappa shape index (κ2) is 30.3. The third-order valence-electron chi connectivity index (χ3n) is 7.81. The summed E-state index contributed by atoms with van der Waals surface area (Å²) in [6, 6.07) is 0. The van der Waals surface area contributed by atoms with Crippen molar-refractivity contribution in [2.24, 2.45) is 0 Å². The lowest BCUT2D eigenvalue weighted by Gasteiger charge is -2.29. The number of hydrogen-bond acceptors (Lipinski definition) is 4. The second-order valence-electron chi connectivity index (χ2n) is 12.3. The van der Waals surface area contributed by atoms with Gasteiger partial charge in [-0.3, -0.25) is 4.79 Å². The molecule has 0 radical (unpaired) electrons. The molecule has 5 heteroatoms. The maximum Gasteiger partial charge on any atom is 0.305 e. The fourth-order valence-electron chi connectivity index (χ4n) is 4.99. The molecule has 0 aromatic carbocycles. The highest BCUT2D eigenvalue weighted by atomic mass is 16.6. The van der Waals surface area contributed by atoms with Gasteiger partial charge in [0.05, 0.1) is 47.1 Å². The van der Waals surface area contributed by atoms with Crippen LogP contribution in [0.5, 0.6) is 0 Å². The van der Waals surface area contributed by atoms with Gasteiger partial charge in [0.15, 0.2) is 0 Å². The number of carbonyl (C=O) groups is 1. The number of quaternary nitrogens is 1. The van der Waals surface area contributed by atoms with Gasteiger partial charge in [0, 0.05) is 6.42 Å². The van der Waals surface area contributed by atoms with Crippen molar-refractivity contribution in [1.82, 2.24) is 0 Å². The van der Waals surface area contributed by atoms with Crippen LogP contribution in [0.25, 0.3) is 0 Å². The first-order chi connectivity index (χ1) is 19.0. The predicted octanol–water partition coefficient (Wildman–Crippen LogP) is 9.26. The van der Waals surface area contributed by atoms with E-state index >= 15 is 0 Å². The summed E-state index contributed by atoms with van der Waals surface area (Å²) in [6.07, 6.45) is 28.7. The van der Waals surface area contributed by atoms with Crippen LogP contribution in [-0.2, 0) is 19.0 Å². The van der Waals surface area contributed by atoms with Crippen LogP contribution < -0.4 is 0 Å². The first kappa shape index (κ1) is 38.4. The number of carbonyl (C=O) groups excluding carboxylic acids is 1. The van der Waals surface area contributed by atoms with Crippen molar-refractivity contribution >= 4 is 5.97 Å². The summed E-state index contributed by atoms with van der Waals surface area (Å²) in [6.45, 7) is 9.52. The van der Waals surface area contributed by atoms with E-state index in [9.17, 15) is 4.79 Å². The SMILES string of the molecule is CCCCCCCCCCCCCC[N+](C)(C)CCOCCOCCOC(=O)CCCCCCCCCCC. The van der Waals surface area contributed by atoms with Gasteiger partial charge in [-0.15, -0.1) is 0 Å². The molecule has 39 heavy (non-hydrogen) atoms. The minimum atomic E-state index is -0.0917. The standard InChI is InChI=1S/C34H70NO4/c1-5-7-9-11-13-15-16-17-19-21-23-25-27-35(3,4)28-29-37-30-31-38-32-33-39-34(36)26-24-22-20-18-14-12-10-8-6-2/h5-33H2,1-4H3/q+1. The Kier molecular flexibility index (Phi) is 29.8. The molecule has 0 aliphatic rings. The van der Waals surface area contributed by atoms with E-state index in [1.807, 2.05) is 0 Å². The van der Waals surface area contributed by atoms with E-state index in [0.29, 0.717) is 32.8 Å². The van der Waals surface area contributed by atoms with E-state index in [2.05, 4.69) is 27.9 Å². The molecular weight excluding hydrogens is 486 g/mol.